The Morgan fingerprint density at radius 3 is 2.71 bits per heavy atom. The molecule has 0 amide bonds. The van der Waals surface area contributed by atoms with Gasteiger partial charge in [0.1, 0.15) is 5.69 Å². The molecule has 0 aliphatic rings. The van der Waals surface area contributed by atoms with E-state index < -0.39 is 0 Å². The lowest BCUT2D eigenvalue weighted by molar-refractivity contribution is 0.102. The molecule has 0 aromatic carbocycles. The SMILES string of the molecule is COc1nccnc1C(=O)c1cccc(C)n1. The van der Waals surface area contributed by atoms with Crippen molar-refractivity contribution in [3.05, 3.63) is 47.7 Å². The monoisotopic (exact) mass is 229 g/mol. The van der Waals surface area contributed by atoms with E-state index in [2.05, 4.69) is 15.0 Å². The summed E-state index contributed by atoms with van der Waals surface area (Å²) in [6, 6.07) is 5.24. The topological polar surface area (TPSA) is 65.0 Å². The number of aryl methyl sites for hydroxylation is 1. The first-order chi connectivity index (χ1) is 8.22. The number of rotatable bonds is 3. The van der Waals surface area contributed by atoms with Gasteiger partial charge >= 0.3 is 0 Å². The van der Waals surface area contributed by atoms with Crippen molar-refractivity contribution < 1.29 is 9.53 Å². The quantitative estimate of drug-likeness (QED) is 0.745. The van der Waals surface area contributed by atoms with E-state index in [1.165, 1.54) is 19.5 Å². The van der Waals surface area contributed by atoms with Gasteiger partial charge in [-0.25, -0.2) is 15.0 Å². The van der Waals surface area contributed by atoms with Crippen molar-refractivity contribution in [1.82, 2.24) is 15.0 Å². The van der Waals surface area contributed by atoms with Gasteiger partial charge in [-0.2, -0.15) is 0 Å². The van der Waals surface area contributed by atoms with E-state index in [0.717, 1.165) is 5.69 Å². The van der Waals surface area contributed by atoms with Crippen LogP contribution in [0.5, 0.6) is 5.88 Å². The predicted molar refractivity (Wildman–Crippen MR) is 61.0 cm³/mol. The molecule has 17 heavy (non-hydrogen) atoms. The maximum Gasteiger partial charge on any atom is 0.243 e. The van der Waals surface area contributed by atoms with Crippen LogP contribution < -0.4 is 4.74 Å². The Hall–Kier alpha value is -2.30. The van der Waals surface area contributed by atoms with Crippen molar-refractivity contribution in [3.8, 4) is 5.88 Å². The molecule has 0 saturated carbocycles. The van der Waals surface area contributed by atoms with Gasteiger partial charge in [-0.3, -0.25) is 4.79 Å². The number of nitrogens with zero attached hydrogens (tertiary/aromatic N) is 3. The smallest absolute Gasteiger partial charge is 0.243 e. The summed E-state index contributed by atoms with van der Waals surface area (Å²) in [6.45, 7) is 1.82. The fraction of sp³-hybridized carbons (Fsp3) is 0.167. The molecule has 0 bridgehead atoms. The highest BCUT2D eigenvalue weighted by molar-refractivity contribution is 6.07. The van der Waals surface area contributed by atoms with Crippen molar-refractivity contribution >= 4 is 5.78 Å². The van der Waals surface area contributed by atoms with E-state index in [1.54, 1.807) is 12.1 Å². The summed E-state index contributed by atoms with van der Waals surface area (Å²) in [5.41, 5.74) is 1.29. The Bertz CT molecular complexity index is 555. The van der Waals surface area contributed by atoms with Gasteiger partial charge in [0.25, 0.3) is 0 Å². The molecule has 0 aliphatic heterocycles. The lowest BCUT2D eigenvalue weighted by Crippen LogP contribution is -2.09. The summed E-state index contributed by atoms with van der Waals surface area (Å²) < 4.78 is 5.00. The number of pyridine rings is 1. The number of carbonyl (C=O) groups is 1. The molecule has 2 rings (SSSR count). The van der Waals surface area contributed by atoms with Crippen LogP contribution in [0.3, 0.4) is 0 Å². The molecule has 0 atom stereocenters. The fourth-order valence-corrected chi connectivity index (χ4v) is 1.42. The zero-order valence-corrected chi connectivity index (χ0v) is 9.54. The van der Waals surface area contributed by atoms with E-state index in [1.807, 2.05) is 13.0 Å². The summed E-state index contributed by atoms with van der Waals surface area (Å²) >= 11 is 0. The highest BCUT2D eigenvalue weighted by Gasteiger charge is 2.17. The highest BCUT2D eigenvalue weighted by atomic mass is 16.5. The Morgan fingerprint density at radius 1 is 1.24 bits per heavy atom. The molecule has 0 spiro atoms. The zero-order chi connectivity index (χ0) is 12.3. The molecule has 5 nitrogen and oxygen atoms in total. The largest absolute Gasteiger partial charge is 0.479 e. The van der Waals surface area contributed by atoms with Gasteiger partial charge in [-0.15, -0.1) is 0 Å². The van der Waals surface area contributed by atoms with E-state index in [4.69, 9.17) is 4.74 Å². The van der Waals surface area contributed by atoms with Gasteiger partial charge in [-0.1, -0.05) is 6.07 Å². The highest BCUT2D eigenvalue weighted by Crippen LogP contribution is 2.14. The number of aromatic nitrogens is 3. The lowest BCUT2D eigenvalue weighted by atomic mass is 10.2. The van der Waals surface area contributed by atoms with Gasteiger partial charge < -0.3 is 4.74 Å². The van der Waals surface area contributed by atoms with Gasteiger partial charge in [-0.05, 0) is 19.1 Å². The molecular weight excluding hydrogens is 218 g/mol. The summed E-state index contributed by atoms with van der Waals surface area (Å²) in [5, 5.41) is 0. The zero-order valence-electron chi connectivity index (χ0n) is 9.54. The van der Waals surface area contributed by atoms with Crippen LogP contribution in [0, 0.1) is 6.92 Å². The van der Waals surface area contributed by atoms with Crippen LogP contribution in [-0.4, -0.2) is 27.8 Å². The van der Waals surface area contributed by atoms with E-state index in [-0.39, 0.29) is 17.4 Å². The first-order valence-corrected chi connectivity index (χ1v) is 5.05. The fourth-order valence-electron chi connectivity index (χ4n) is 1.42. The number of carbonyl (C=O) groups excluding carboxylic acids is 1. The summed E-state index contributed by atoms with van der Waals surface area (Å²) in [6.07, 6.45) is 2.92. The second kappa shape index (κ2) is 4.69. The minimum absolute atomic E-state index is 0.174. The third-order valence-corrected chi connectivity index (χ3v) is 2.19. The van der Waals surface area contributed by atoms with Crippen molar-refractivity contribution in [2.75, 3.05) is 7.11 Å². The van der Waals surface area contributed by atoms with Crippen molar-refractivity contribution in [1.29, 1.82) is 0 Å². The van der Waals surface area contributed by atoms with E-state index >= 15 is 0 Å². The summed E-state index contributed by atoms with van der Waals surface area (Å²) in [5.74, 6) is -0.0838. The Labute approximate surface area is 98.5 Å². The Balaban J connectivity index is 2.44. The molecule has 0 saturated heterocycles. The van der Waals surface area contributed by atoms with Crippen LogP contribution in [0.4, 0.5) is 0 Å². The van der Waals surface area contributed by atoms with Crippen LogP contribution in [0.2, 0.25) is 0 Å². The van der Waals surface area contributed by atoms with Gasteiger partial charge in [0.2, 0.25) is 11.7 Å². The maximum atomic E-state index is 12.1. The van der Waals surface area contributed by atoms with Gasteiger partial charge in [0.05, 0.1) is 7.11 Å². The average molecular weight is 229 g/mol. The molecule has 0 unspecified atom stereocenters. The van der Waals surface area contributed by atoms with Crippen LogP contribution in [0.25, 0.3) is 0 Å². The molecule has 0 aliphatic carbocycles. The molecular formula is C12H11N3O2. The van der Waals surface area contributed by atoms with E-state index in [9.17, 15) is 4.79 Å². The molecule has 86 valence electrons. The molecule has 2 aromatic heterocycles. The molecule has 2 aromatic rings. The average Bonchev–Trinajstić information content (AvgIpc) is 2.38. The summed E-state index contributed by atoms with van der Waals surface area (Å²) in [7, 11) is 1.45. The number of ether oxygens (including phenoxy) is 1. The van der Waals surface area contributed by atoms with Gasteiger partial charge in [0.15, 0.2) is 5.69 Å². The number of methoxy groups -OCH3 is 1. The Kier molecular flexibility index (Phi) is 3.09. The minimum atomic E-state index is -0.293. The molecule has 2 heterocycles. The summed E-state index contributed by atoms with van der Waals surface area (Å²) in [4.78, 5) is 24.2. The van der Waals surface area contributed by atoms with Crippen molar-refractivity contribution in [3.63, 3.8) is 0 Å². The first-order valence-electron chi connectivity index (χ1n) is 5.05. The molecule has 0 radical (unpaired) electrons. The molecule has 5 heteroatoms. The molecule has 0 N–H and O–H groups in total. The Morgan fingerprint density at radius 2 is 2.00 bits per heavy atom. The van der Waals surface area contributed by atoms with Crippen molar-refractivity contribution in [2.24, 2.45) is 0 Å². The standard InChI is InChI=1S/C12H11N3O2/c1-8-4-3-5-9(15-8)11(16)10-12(17-2)14-7-6-13-10/h3-7H,1-2H3. The van der Waals surface area contributed by atoms with E-state index in [0.29, 0.717) is 5.69 Å². The minimum Gasteiger partial charge on any atom is -0.479 e. The van der Waals surface area contributed by atoms with Crippen molar-refractivity contribution in [2.45, 2.75) is 6.92 Å². The van der Waals surface area contributed by atoms with Crippen LogP contribution >= 0.6 is 0 Å². The third kappa shape index (κ3) is 2.28. The maximum absolute atomic E-state index is 12.1. The van der Waals surface area contributed by atoms with Gasteiger partial charge in [0, 0.05) is 18.1 Å². The first kappa shape index (κ1) is 11.2. The number of hydrogen-bond donors (Lipinski definition) is 0. The van der Waals surface area contributed by atoms with Crippen LogP contribution in [0.15, 0.2) is 30.6 Å². The van der Waals surface area contributed by atoms with Crippen LogP contribution in [-0.2, 0) is 0 Å². The normalized spacial score (nSPS) is 10.0. The number of ketones is 1. The second-order valence-corrected chi connectivity index (χ2v) is 3.41. The predicted octanol–water partition coefficient (Wildman–Crippen LogP) is 1.42. The third-order valence-electron chi connectivity index (χ3n) is 2.19. The lowest BCUT2D eigenvalue weighted by Gasteiger charge is -2.04. The number of hydrogen-bond acceptors (Lipinski definition) is 5. The second-order valence-electron chi connectivity index (χ2n) is 3.41. The molecule has 0 fully saturated rings. The van der Waals surface area contributed by atoms with Crippen LogP contribution in [0.1, 0.15) is 21.9 Å².